The van der Waals surface area contributed by atoms with E-state index < -0.39 is 6.03 Å². The number of nitrogens with one attached hydrogen (secondary N) is 3. The van der Waals surface area contributed by atoms with Crippen LogP contribution in [-0.4, -0.2) is 25.0 Å². The van der Waals surface area contributed by atoms with Crippen molar-refractivity contribution in [3.63, 3.8) is 0 Å². The van der Waals surface area contributed by atoms with Crippen molar-refractivity contribution in [2.45, 2.75) is 19.8 Å². The summed E-state index contributed by atoms with van der Waals surface area (Å²) in [4.78, 5) is 23.5. The summed E-state index contributed by atoms with van der Waals surface area (Å²) in [5.74, 6) is -0.268. The van der Waals surface area contributed by atoms with Crippen LogP contribution in [-0.2, 0) is 4.79 Å². The average molecular weight is 287 g/mol. The van der Waals surface area contributed by atoms with Gasteiger partial charge in [0.1, 0.15) is 0 Å². The van der Waals surface area contributed by atoms with E-state index >= 15 is 0 Å². The van der Waals surface area contributed by atoms with Crippen LogP contribution < -0.4 is 16.0 Å². The van der Waals surface area contributed by atoms with Crippen molar-refractivity contribution in [3.05, 3.63) is 41.6 Å². The van der Waals surface area contributed by atoms with Crippen molar-refractivity contribution >= 4 is 18.0 Å². The van der Waals surface area contributed by atoms with Gasteiger partial charge in [0.2, 0.25) is 5.91 Å². The Kier molecular flexibility index (Phi) is 5.51. The van der Waals surface area contributed by atoms with Crippen LogP contribution in [0.1, 0.15) is 24.0 Å². The van der Waals surface area contributed by atoms with E-state index in [-0.39, 0.29) is 11.8 Å². The number of benzene rings is 1. The minimum atomic E-state index is -0.484. The molecule has 0 atom stereocenters. The first-order chi connectivity index (χ1) is 10.1. The van der Waals surface area contributed by atoms with E-state index in [4.69, 9.17) is 0 Å². The lowest BCUT2D eigenvalue weighted by molar-refractivity contribution is -0.124. The van der Waals surface area contributed by atoms with Crippen molar-refractivity contribution in [1.29, 1.82) is 0 Å². The number of carbonyl (C=O) groups is 2. The van der Waals surface area contributed by atoms with Crippen LogP contribution >= 0.6 is 0 Å². The first-order valence-corrected chi connectivity index (χ1v) is 7.20. The van der Waals surface area contributed by atoms with E-state index in [1.165, 1.54) is 0 Å². The molecule has 1 aromatic rings. The summed E-state index contributed by atoms with van der Waals surface area (Å²) in [7, 11) is 0. The fourth-order valence-corrected chi connectivity index (χ4v) is 2.32. The van der Waals surface area contributed by atoms with Crippen LogP contribution in [0, 0.1) is 12.8 Å². The third-order valence-corrected chi connectivity index (χ3v) is 3.48. The summed E-state index contributed by atoms with van der Waals surface area (Å²) in [6, 6.07) is 7.44. The Labute approximate surface area is 124 Å². The minimum Gasteiger partial charge on any atom is -0.317 e. The smallest absolute Gasteiger partial charge is 0.317 e. The normalized spacial score (nSPS) is 15.9. The Morgan fingerprint density at radius 1 is 1.29 bits per heavy atom. The van der Waals surface area contributed by atoms with Crippen molar-refractivity contribution in [3.8, 4) is 0 Å². The molecule has 3 amide bonds. The van der Waals surface area contributed by atoms with Crippen molar-refractivity contribution in [2.75, 3.05) is 13.1 Å². The second-order valence-electron chi connectivity index (χ2n) is 5.23. The molecule has 0 unspecified atom stereocenters. The van der Waals surface area contributed by atoms with Crippen LogP contribution in [0.3, 0.4) is 0 Å². The molecule has 112 valence electrons. The van der Waals surface area contributed by atoms with Gasteiger partial charge in [-0.25, -0.2) is 4.79 Å². The Bertz CT molecular complexity index is 534. The fraction of sp³-hybridized carbons (Fsp3) is 0.375. The molecular formula is C16H21N3O2. The summed E-state index contributed by atoms with van der Waals surface area (Å²) in [6.45, 7) is 3.66. The molecule has 0 radical (unpaired) electrons. The molecule has 1 aliphatic heterocycles. The van der Waals surface area contributed by atoms with E-state index in [0.717, 1.165) is 37.1 Å². The molecule has 0 bridgehead atoms. The molecule has 0 aliphatic carbocycles. The number of hydrogen-bond acceptors (Lipinski definition) is 3. The minimum absolute atomic E-state index is 0.0715. The molecule has 1 aromatic carbocycles. The molecule has 0 aromatic heterocycles. The molecule has 0 spiro atoms. The van der Waals surface area contributed by atoms with Gasteiger partial charge in [0.05, 0.1) is 0 Å². The van der Waals surface area contributed by atoms with Crippen molar-refractivity contribution in [2.24, 2.45) is 5.92 Å². The number of rotatable bonds is 3. The van der Waals surface area contributed by atoms with Gasteiger partial charge in [-0.05, 0) is 44.5 Å². The van der Waals surface area contributed by atoms with Crippen LogP contribution in [0.25, 0.3) is 6.08 Å². The molecule has 5 nitrogen and oxygen atoms in total. The quantitative estimate of drug-likeness (QED) is 0.794. The second-order valence-corrected chi connectivity index (χ2v) is 5.23. The third-order valence-electron chi connectivity index (χ3n) is 3.48. The zero-order chi connectivity index (χ0) is 15.1. The number of urea groups is 1. The third kappa shape index (κ3) is 5.04. The molecule has 1 heterocycles. The first kappa shape index (κ1) is 15.3. The number of hydrogen-bond donors (Lipinski definition) is 3. The van der Waals surface area contributed by atoms with Gasteiger partial charge in [0.15, 0.2) is 0 Å². The number of aryl methyl sites for hydroxylation is 1. The summed E-state index contributed by atoms with van der Waals surface area (Å²) >= 11 is 0. The van der Waals surface area contributed by atoms with E-state index in [1.807, 2.05) is 31.2 Å². The number of piperidine rings is 1. The second kappa shape index (κ2) is 7.59. The topological polar surface area (TPSA) is 70.2 Å². The molecule has 21 heavy (non-hydrogen) atoms. The highest BCUT2D eigenvalue weighted by Crippen LogP contribution is 2.11. The highest BCUT2D eigenvalue weighted by Gasteiger charge is 2.21. The number of carbonyl (C=O) groups excluding carboxylic acids is 2. The molecule has 1 aliphatic rings. The molecule has 1 fully saturated rings. The van der Waals surface area contributed by atoms with Crippen LogP contribution in [0.4, 0.5) is 4.79 Å². The standard InChI is InChI=1S/C16H21N3O2/c1-12-3-2-4-13(11-12)5-10-18-16(21)19-15(20)14-6-8-17-9-7-14/h2-5,10-11,14,17H,6-9H2,1H3,(H2,18,19,20,21)/b10-5+. The molecular weight excluding hydrogens is 266 g/mol. The van der Waals surface area contributed by atoms with Crippen LogP contribution in [0.2, 0.25) is 0 Å². The molecule has 0 saturated carbocycles. The van der Waals surface area contributed by atoms with Crippen molar-refractivity contribution in [1.82, 2.24) is 16.0 Å². The largest absolute Gasteiger partial charge is 0.325 e. The predicted octanol–water partition coefficient (Wildman–Crippen LogP) is 1.79. The highest BCUT2D eigenvalue weighted by molar-refractivity contribution is 5.96. The lowest BCUT2D eigenvalue weighted by Crippen LogP contribution is -2.43. The predicted molar refractivity (Wildman–Crippen MR) is 82.5 cm³/mol. The Morgan fingerprint density at radius 3 is 2.76 bits per heavy atom. The highest BCUT2D eigenvalue weighted by atomic mass is 16.2. The van der Waals surface area contributed by atoms with Crippen LogP contribution in [0.5, 0.6) is 0 Å². The summed E-state index contributed by atoms with van der Waals surface area (Å²) in [6.07, 6.45) is 4.89. The molecule has 3 N–H and O–H groups in total. The van der Waals surface area contributed by atoms with Crippen LogP contribution in [0.15, 0.2) is 30.5 Å². The lowest BCUT2D eigenvalue weighted by atomic mass is 9.97. The first-order valence-electron chi connectivity index (χ1n) is 7.20. The number of imide groups is 1. The van der Waals surface area contributed by atoms with E-state index in [0.29, 0.717) is 0 Å². The van der Waals surface area contributed by atoms with Crippen molar-refractivity contribution < 1.29 is 9.59 Å². The zero-order valence-corrected chi connectivity index (χ0v) is 12.2. The summed E-state index contributed by atoms with van der Waals surface area (Å²) < 4.78 is 0. The van der Waals surface area contributed by atoms with Gasteiger partial charge in [-0.2, -0.15) is 0 Å². The maximum absolute atomic E-state index is 11.9. The Balaban J connectivity index is 1.77. The van der Waals surface area contributed by atoms with Gasteiger partial charge in [0, 0.05) is 12.1 Å². The van der Waals surface area contributed by atoms with Gasteiger partial charge in [-0.3, -0.25) is 10.1 Å². The van der Waals surface area contributed by atoms with E-state index in [1.54, 1.807) is 12.3 Å². The summed E-state index contributed by atoms with van der Waals surface area (Å²) in [5.41, 5.74) is 2.16. The Morgan fingerprint density at radius 2 is 2.05 bits per heavy atom. The monoisotopic (exact) mass is 287 g/mol. The SMILES string of the molecule is Cc1cccc(/C=C/NC(=O)NC(=O)C2CCNCC2)c1. The maximum atomic E-state index is 11.9. The number of amides is 3. The maximum Gasteiger partial charge on any atom is 0.325 e. The fourth-order valence-electron chi connectivity index (χ4n) is 2.32. The van der Waals surface area contributed by atoms with E-state index in [2.05, 4.69) is 16.0 Å². The summed E-state index contributed by atoms with van der Waals surface area (Å²) in [5, 5.41) is 8.12. The van der Waals surface area contributed by atoms with Gasteiger partial charge in [0.25, 0.3) is 0 Å². The van der Waals surface area contributed by atoms with E-state index in [9.17, 15) is 9.59 Å². The lowest BCUT2D eigenvalue weighted by Gasteiger charge is -2.21. The molecule has 2 rings (SSSR count). The van der Waals surface area contributed by atoms with Gasteiger partial charge < -0.3 is 10.6 Å². The molecule has 5 heteroatoms. The average Bonchev–Trinajstić information content (AvgIpc) is 2.48. The Hall–Kier alpha value is -2.14. The van der Waals surface area contributed by atoms with Gasteiger partial charge in [-0.1, -0.05) is 29.8 Å². The van der Waals surface area contributed by atoms with Gasteiger partial charge in [-0.15, -0.1) is 0 Å². The zero-order valence-electron chi connectivity index (χ0n) is 12.2. The molecule has 1 saturated heterocycles. The van der Waals surface area contributed by atoms with Gasteiger partial charge >= 0.3 is 6.03 Å².